The van der Waals surface area contributed by atoms with Gasteiger partial charge in [-0.15, -0.1) is 0 Å². The number of ether oxygens (including phenoxy) is 1. The maximum Gasteiger partial charge on any atom is 0.213 e. The Balaban J connectivity index is 1.93. The number of hydrogen-bond acceptors (Lipinski definition) is 3. The molecule has 20 heavy (non-hydrogen) atoms. The fourth-order valence-electron chi connectivity index (χ4n) is 1.99. The third kappa shape index (κ3) is 5.49. The van der Waals surface area contributed by atoms with E-state index in [-0.39, 0.29) is 0 Å². The maximum absolute atomic E-state index is 5.85. The van der Waals surface area contributed by atoms with Gasteiger partial charge in [-0.25, -0.2) is 4.98 Å². The summed E-state index contributed by atoms with van der Waals surface area (Å²) in [5.74, 6) is 0.779. The average molecular weight is 276 g/mol. The van der Waals surface area contributed by atoms with E-state index in [0.717, 1.165) is 43.6 Å². The van der Waals surface area contributed by atoms with E-state index >= 15 is 0 Å². The molecule has 0 aliphatic heterocycles. The fraction of sp³-hybridized carbons (Fsp3) is 0.706. The number of hydrogen-bond donors (Lipinski definition) is 1. The molecular weight excluding hydrogens is 248 g/mol. The highest BCUT2D eigenvalue weighted by Crippen LogP contribution is 2.22. The molecule has 1 aliphatic rings. The smallest absolute Gasteiger partial charge is 0.213 e. The number of rotatable bonds is 7. The zero-order valence-corrected chi connectivity index (χ0v) is 13.3. The van der Waals surface area contributed by atoms with Gasteiger partial charge in [0, 0.05) is 24.3 Å². The summed E-state index contributed by atoms with van der Waals surface area (Å²) in [7, 11) is 0. The van der Waals surface area contributed by atoms with Crippen molar-refractivity contribution in [3.63, 3.8) is 0 Å². The molecular formula is C17H28N2O. The molecule has 0 atom stereocenters. The van der Waals surface area contributed by atoms with Gasteiger partial charge in [-0.2, -0.15) is 0 Å². The van der Waals surface area contributed by atoms with Crippen LogP contribution >= 0.6 is 0 Å². The van der Waals surface area contributed by atoms with E-state index < -0.39 is 0 Å². The van der Waals surface area contributed by atoms with Crippen LogP contribution in [0.15, 0.2) is 12.1 Å². The molecule has 0 unspecified atom stereocenters. The van der Waals surface area contributed by atoms with Crippen LogP contribution in [-0.4, -0.2) is 17.6 Å². The van der Waals surface area contributed by atoms with Crippen LogP contribution in [0.5, 0.6) is 5.88 Å². The fourth-order valence-corrected chi connectivity index (χ4v) is 1.99. The third-order valence-corrected chi connectivity index (χ3v) is 3.55. The summed E-state index contributed by atoms with van der Waals surface area (Å²) in [5.41, 5.74) is 2.71. The molecule has 2 rings (SSSR count). The lowest BCUT2D eigenvalue weighted by Gasteiger charge is -2.18. The van der Waals surface area contributed by atoms with Crippen LogP contribution in [0.2, 0.25) is 0 Å². The van der Waals surface area contributed by atoms with Crippen molar-refractivity contribution in [1.82, 2.24) is 10.3 Å². The summed E-state index contributed by atoms with van der Waals surface area (Å²) in [4.78, 5) is 4.56. The molecule has 1 heterocycles. The Labute approximate surface area is 123 Å². The van der Waals surface area contributed by atoms with E-state index in [1.54, 1.807) is 0 Å². The minimum atomic E-state index is 0.304. The average Bonchev–Trinajstić information content (AvgIpc) is 3.18. The summed E-state index contributed by atoms with van der Waals surface area (Å²) in [6.45, 7) is 10.5. The Morgan fingerprint density at radius 2 is 2.05 bits per heavy atom. The Morgan fingerprint density at radius 1 is 1.30 bits per heavy atom. The van der Waals surface area contributed by atoms with Gasteiger partial charge in [0.2, 0.25) is 5.88 Å². The van der Waals surface area contributed by atoms with Crippen LogP contribution in [0.1, 0.15) is 58.2 Å². The molecule has 1 saturated carbocycles. The van der Waals surface area contributed by atoms with Crippen LogP contribution in [0.25, 0.3) is 0 Å². The maximum atomic E-state index is 5.85. The van der Waals surface area contributed by atoms with Crippen molar-refractivity contribution >= 4 is 0 Å². The van der Waals surface area contributed by atoms with Gasteiger partial charge in [0.15, 0.2) is 0 Å². The van der Waals surface area contributed by atoms with E-state index in [4.69, 9.17) is 4.74 Å². The number of aryl methyl sites for hydroxylation is 1. The summed E-state index contributed by atoms with van der Waals surface area (Å²) < 4.78 is 5.85. The van der Waals surface area contributed by atoms with E-state index in [1.807, 2.05) is 0 Å². The largest absolute Gasteiger partial charge is 0.478 e. The Bertz CT molecular complexity index is 433. The van der Waals surface area contributed by atoms with Gasteiger partial charge in [0.25, 0.3) is 0 Å². The second-order valence-corrected chi connectivity index (χ2v) is 6.97. The second kappa shape index (κ2) is 6.57. The quantitative estimate of drug-likeness (QED) is 0.824. The van der Waals surface area contributed by atoms with Crippen LogP contribution in [0.3, 0.4) is 0 Å². The lowest BCUT2D eigenvalue weighted by Crippen LogP contribution is -2.16. The Morgan fingerprint density at radius 3 is 2.65 bits per heavy atom. The van der Waals surface area contributed by atoms with Gasteiger partial charge >= 0.3 is 0 Å². The molecule has 0 amide bonds. The summed E-state index contributed by atoms with van der Waals surface area (Å²) >= 11 is 0. The summed E-state index contributed by atoms with van der Waals surface area (Å²) in [6, 6.07) is 5.00. The van der Waals surface area contributed by atoms with Gasteiger partial charge in [0.05, 0.1) is 6.61 Å². The first-order valence-electron chi connectivity index (χ1n) is 7.82. The zero-order chi connectivity index (χ0) is 14.6. The van der Waals surface area contributed by atoms with Crippen molar-refractivity contribution in [3.05, 3.63) is 23.4 Å². The van der Waals surface area contributed by atoms with Gasteiger partial charge in [-0.1, -0.05) is 27.7 Å². The Hall–Kier alpha value is -1.09. The number of pyridine rings is 1. The standard InChI is InChI=1S/C17H28N2O/c1-5-14-10-13(12-18-15-6-7-15)11-16(19-14)20-9-8-17(2,3)4/h10-11,15,18H,5-9,12H2,1-4H3. The molecule has 1 fully saturated rings. The van der Waals surface area contributed by atoms with Crippen LogP contribution in [-0.2, 0) is 13.0 Å². The first kappa shape index (κ1) is 15.3. The van der Waals surface area contributed by atoms with E-state index in [2.05, 4.69) is 50.1 Å². The SMILES string of the molecule is CCc1cc(CNC2CC2)cc(OCCC(C)(C)C)n1. The predicted molar refractivity (Wildman–Crippen MR) is 83.0 cm³/mol. The second-order valence-electron chi connectivity index (χ2n) is 6.97. The minimum Gasteiger partial charge on any atom is -0.478 e. The van der Waals surface area contributed by atoms with Crippen molar-refractivity contribution < 1.29 is 4.74 Å². The van der Waals surface area contributed by atoms with Crippen LogP contribution < -0.4 is 10.1 Å². The van der Waals surface area contributed by atoms with E-state index in [9.17, 15) is 0 Å². The monoisotopic (exact) mass is 276 g/mol. The molecule has 0 radical (unpaired) electrons. The molecule has 3 nitrogen and oxygen atoms in total. The molecule has 1 N–H and O–H groups in total. The molecule has 0 bridgehead atoms. The van der Waals surface area contributed by atoms with Crippen LogP contribution in [0, 0.1) is 5.41 Å². The predicted octanol–water partition coefficient (Wildman–Crippen LogP) is 3.71. The van der Waals surface area contributed by atoms with Crippen molar-refractivity contribution in [1.29, 1.82) is 0 Å². The normalized spacial score (nSPS) is 15.4. The molecule has 1 aromatic heterocycles. The number of nitrogens with one attached hydrogen (secondary N) is 1. The molecule has 3 heteroatoms. The van der Waals surface area contributed by atoms with Gasteiger partial charge < -0.3 is 10.1 Å². The minimum absolute atomic E-state index is 0.304. The molecule has 0 spiro atoms. The lowest BCUT2D eigenvalue weighted by atomic mass is 9.93. The lowest BCUT2D eigenvalue weighted by molar-refractivity contribution is 0.236. The molecule has 0 aromatic carbocycles. The molecule has 112 valence electrons. The first-order chi connectivity index (χ1) is 9.46. The van der Waals surface area contributed by atoms with Gasteiger partial charge in [-0.05, 0) is 42.7 Å². The highest BCUT2D eigenvalue weighted by atomic mass is 16.5. The molecule has 1 aromatic rings. The number of aromatic nitrogens is 1. The van der Waals surface area contributed by atoms with Crippen molar-refractivity contribution in [2.75, 3.05) is 6.61 Å². The zero-order valence-electron chi connectivity index (χ0n) is 13.3. The summed E-state index contributed by atoms with van der Waals surface area (Å²) in [5, 5.41) is 3.55. The van der Waals surface area contributed by atoms with Crippen molar-refractivity contribution in [2.24, 2.45) is 5.41 Å². The highest BCUT2D eigenvalue weighted by Gasteiger charge is 2.20. The molecule has 1 aliphatic carbocycles. The third-order valence-electron chi connectivity index (χ3n) is 3.55. The number of nitrogens with zero attached hydrogens (tertiary/aromatic N) is 1. The first-order valence-corrected chi connectivity index (χ1v) is 7.82. The highest BCUT2D eigenvalue weighted by molar-refractivity contribution is 5.25. The van der Waals surface area contributed by atoms with E-state index in [1.165, 1.54) is 18.4 Å². The summed E-state index contributed by atoms with van der Waals surface area (Å²) in [6.07, 6.45) is 4.63. The van der Waals surface area contributed by atoms with Crippen molar-refractivity contribution in [2.45, 2.75) is 66.0 Å². The van der Waals surface area contributed by atoms with Gasteiger partial charge in [0.1, 0.15) is 0 Å². The van der Waals surface area contributed by atoms with E-state index in [0.29, 0.717) is 5.41 Å². The van der Waals surface area contributed by atoms with Crippen molar-refractivity contribution in [3.8, 4) is 5.88 Å². The topological polar surface area (TPSA) is 34.1 Å². The Kier molecular flexibility index (Phi) is 5.03. The van der Waals surface area contributed by atoms with Gasteiger partial charge in [-0.3, -0.25) is 0 Å². The van der Waals surface area contributed by atoms with Crippen LogP contribution in [0.4, 0.5) is 0 Å². The molecule has 0 saturated heterocycles.